The van der Waals surface area contributed by atoms with Crippen LogP contribution in [-0.4, -0.2) is 18.5 Å². The summed E-state index contributed by atoms with van der Waals surface area (Å²) in [5.41, 5.74) is 2.16. The summed E-state index contributed by atoms with van der Waals surface area (Å²) in [4.78, 5) is 25.5. The van der Waals surface area contributed by atoms with E-state index < -0.39 is 5.97 Å². The molecule has 0 aliphatic heterocycles. The van der Waals surface area contributed by atoms with Gasteiger partial charge in [-0.2, -0.15) is 0 Å². The van der Waals surface area contributed by atoms with Crippen LogP contribution in [-0.2, 0) is 9.53 Å². The van der Waals surface area contributed by atoms with E-state index in [0.717, 1.165) is 16.0 Å². The highest BCUT2D eigenvalue weighted by Gasteiger charge is 2.19. The Morgan fingerprint density at radius 3 is 2.50 bits per heavy atom. The number of rotatable bonds is 6. The van der Waals surface area contributed by atoms with Crippen molar-refractivity contribution in [2.45, 2.75) is 6.92 Å². The predicted octanol–water partition coefficient (Wildman–Crippen LogP) is 5.90. The second kappa shape index (κ2) is 9.35. The lowest BCUT2D eigenvalue weighted by atomic mass is 10.1. The van der Waals surface area contributed by atoms with Gasteiger partial charge in [-0.1, -0.05) is 54.1 Å². The number of benzene rings is 2. The minimum atomic E-state index is -0.460. The molecule has 0 unspecified atom stereocenters. The van der Waals surface area contributed by atoms with E-state index in [2.05, 4.69) is 5.32 Å². The molecule has 0 saturated heterocycles. The third-order valence-electron chi connectivity index (χ3n) is 3.82. The van der Waals surface area contributed by atoms with Gasteiger partial charge in [0.05, 0.1) is 12.2 Å². The molecule has 28 heavy (non-hydrogen) atoms. The lowest BCUT2D eigenvalue weighted by Crippen LogP contribution is -2.11. The first kappa shape index (κ1) is 19.9. The minimum Gasteiger partial charge on any atom is -0.462 e. The SMILES string of the molecule is CCOC(=O)c1cc(-c2ccccc2)sc1NC(=O)/C=C/c1ccc(Cl)cc1. The van der Waals surface area contributed by atoms with Gasteiger partial charge in [0.2, 0.25) is 5.91 Å². The van der Waals surface area contributed by atoms with Crippen LogP contribution in [0.2, 0.25) is 5.02 Å². The number of halogens is 1. The third-order valence-corrected chi connectivity index (χ3v) is 5.17. The maximum atomic E-state index is 12.4. The first-order chi connectivity index (χ1) is 13.6. The van der Waals surface area contributed by atoms with Crippen LogP contribution in [0.15, 0.2) is 66.7 Å². The van der Waals surface area contributed by atoms with E-state index >= 15 is 0 Å². The second-order valence-electron chi connectivity index (χ2n) is 5.81. The lowest BCUT2D eigenvalue weighted by Gasteiger charge is -2.03. The summed E-state index contributed by atoms with van der Waals surface area (Å²) in [6, 6.07) is 18.6. The Hall–Kier alpha value is -2.89. The lowest BCUT2D eigenvalue weighted by molar-refractivity contribution is -0.111. The number of esters is 1. The molecule has 142 valence electrons. The summed E-state index contributed by atoms with van der Waals surface area (Å²) >= 11 is 7.20. The van der Waals surface area contributed by atoms with E-state index in [-0.39, 0.29) is 12.5 Å². The minimum absolute atomic E-state index is 0.263. The van der Waals surface area contributed by atoms with E-state index in [9.17, 15) is 9.59 Å². The van der Waals surface area contributed by atoms with Crippen LogP contribution in [0.4, 0.5) is 5.00 Å². The molecule has 1 N–H and O–H groups in total. The van der Waals surface area contributed by atoms with Gasteiger partial charge in [0, 0.05) is 16.0 Å². The third kappa shape index (κ3) is 5.09. The molecular formula is C22H18ClNO3S. The van der Waals surface area contributed by atoms with Gasteiger partial charge in [-0.15, -0.1) is 11.3 Å². The average Bonchev–Trinajstić information content (AvgIpc) is 3.12. The Labute approximate surface area is 172 Å². The Kier molecular flexibility index (Phi) is 6.63. The van der Waals surface area contributed by atoms with Gasteiger partial charge in [0.15, 0.2) is 0 Å². The molecule has 0 spiro atoms. The molecule has 4 nitrogen and oxygen atoms in total. The van der Waals surface area contributed by atoms with Gasteiger partial charge >= 0.3 is 5.97 Å². The number of hydrogen-bond acceptors (Lipinski definition) is 4. The van der Waals surface area contributed by atoms with Crippen LogP contribution in [0.25, 0.3) is 16.5 Å². The first-order valence-corrected chi connectivity index (χ1v) is 9.87. The number of nitrogens with one attached hydrogen (secondary N) is 1. The van der Waals surface area contributed by atoms with Gasteiger partial charge in [-0.3, -0.25) is 4.79 Å². The summed E-state index contributed by atoms with van der Waals surface area (Å²) in [6.45, 7) is 2.01. The Balaban J connectivity index is 1.82. The number of ether oxygens (including phenoxy) is 1. The molecule has 2 aromatic carbocycles. The van der Waals surface area contributed by atoms with Crippen molar-refractivity contribution < 1.29 is 14.3 Å². The van der Waals surface area contributed by atoms with E-state index in [1.165, 1.54) is 17.4 Å². The summed E-state index contributed by atoms with van der Waals surface area (Å²) in [5.74, 6) is -0.792. The second-order valence-corrected chi connectivity index (χ2v) is 7.30. The maximum Gasteiger partial charge on any atom is 0.341 e. The fourth-order valence-corrected chi connectivity index (χ4v) is 3.67. The molecule has 3 aromatic rings. The van der Waals surface area contributed by atoms with Crippen molar-refractivity contribution in [3.05, 3.63) is 82.9 Å². The molecular weight excluding hydrogens is 394 g/mol. The average molecular weight is 412 g/mol. The van der Waals surface area contributed by atoms with Crippen molar-refractivity contribution in [2.24, 2.45) is 0 Å². The highest BCUT2D eigenvalue weighted by atomic mass is 35.5. The fourth-order valence-electron chi connectivity index (χ4n) is 2.49. The van der Waals surface area contributed by atoms with Crippen molar-refractivity contribution in [3.8, 4) is 10.4 Å². The monoisotopic (exact) mass is 411 g/mol. The van der Waals surface area contributed by atoms with Gasteiger partial charge < -0.3 is 10.1 Å². The normalized spacial score (nSPS) is 10.8. The van der Waals surface area contributed by atoms with Crippen LogP contribution >= 0.6 is 22.9 Å². The quantitative estimate of drug-likeness (QED) is 0.406. The zero-order valence-corrected chi connectivity index (χ0v) is 16.7. The summed E-state index contributed by atoms with van der Waals surface area (Å²) in [7, 11) is 0. The standard InChI is InChI=1S/C22H18ClNO3S/c1-2-27-22(26)18-14-19(16-6-4-3-5-7-16)28-21(18)24-20(25)13-10-15-8-11-17(23)12-9-15/h3-14H,2H2,1H3,(H,24,25)/b13-10+. The number of anilines is 1. The van der Waals surface area contributed by atoms with E-state index in [1.54, 1.807) is 31.2 Å². The molecule has 1 heterocycles. The van der Waals surface area contributed by atoms with Crippen molar-refractivity contribution in [3.63, 3.8) is 0 Å². The van der Waals surface area contributed by atoms with Gasteiger partial charge in [0.25, 0.3) is 0 Å². The fraction of sp³-hybridized carbons (Fsp3) is 0.0909. The van der Waals surface area contributed by atoms with E-state index in [4.69, 9.17) is 16.3 Å². The van der Waals surface area contributed by atoms with Crippen molar-refractivity contribution >= 4 is 45.9 Å². The van der Waals surface area contributed by atoms with Gasteiger partial charge in [0.1, 0.15) is 5.00 Å². The number of thiophene rings is 1. The Bertz CT molecular complexity index is 994. The molecule has 0 bridgehead atoms. The zero-order valence-electron chi connectivity index (χ0n) is 15.1. The Morgan fingerprint density at radius 1 is 1.11 bits per heavy atom. The predicted molar refractivity (Wildman–Crippen MR) is 115 cm³/mol. The number of carbonyl (C=O) groups excluding carboxylic acids is 2. The number of carbonyl (C=O) groups is 2. The molecule has 6 heteroatoms. The van der Waals surface area contributed by atoms with Gasteiger partial charge in [-0.25, -0.2) is 4.79 Å². The van der Waals surface area contributed by atoms with Crippen molar-refractivity contribution in [2.75, 3.05) is 11.9 Å². The molecule has 0 radical (unpaired) electrons. The molecule has 1 amide bonds. The highest BCUT2D eigenvalue weighted by Crippen LogP contribution is 2.36. The van der Waals surface area contributed by atoms with Crippen molar-refractivity contribution in [1.29, 1.82) is 0 Å². The van der Waals surface area contributed by atoms with E-state index in [1.807, 2.05) is 42.5 Å². The number of hydrogen-bond donors (Lipinski definition) is 1. The molecule has 0 aliphatic rings. The Morgan fingerprint density at radius 2 is 1.82 bits per heavy atom. The largest absolute Gasteiger partial charge is 0.462 e. The zero-order chi connectivity index (χ0) is 19.9. The smallest absolute Gasteiger partial charge is 0.341 e. The summed E-state index contributed by atoms with van der Waals surface area (Å²) in [5, 5.41) is 3.88. The number of amides is 1. The van der Waals surface area contributed by atoms with Crippen LogP contribution < -0.4 is 5.32 Å². The first-order valence-electron chi connectivity index (χ1n) is 8.68. The molecule has 1 aromatic heterocycles. The molecule has 0 atom stereocenters. The van der Waals surface area contributed by atoms with Crippen molar-refractivity contribution in [1.82, 2.24) is 0 Å². The topological polar surface area (TPSA) is 55.4 Å². The summed E-state index contributed by atoms with van der Waals surface area (Å²) in [6.07, 6.45) is 3.10. The molecule has 0 aliphatic carbocycles. The van der Waals surface area contributed by atoms with E-state index in [0.29, 0.717) is 15.6 Å². The summed E-state index contributed by atoms with van der Waals surface area (Å²) < 4.78 is 5.13. The molecule has 0 saturated carbocycles. The van der Waals surface area contributed by atoms with Crippen LogP contribution in [0, 0.1) is 0 Å². The van der Waals surface area contributed by atoms with Crippen LogP contribution in [0.5, 0.6) is 0 Å². The van der Waals surface area contributed by atoms with Crippen LogP contribution in [0.3, 0.4) is 0 Å². The molecule has 0 fully saturated rings. The highest BCUT2D eigenvalue weighted by molar-refractivity contribution is 7.20. The molecule has 3 rings (SSSR count). The van der Waals surface area contributed by atoms with Crippen LogP contribution in [0.1, 0.15) is 22.8 Å². The maximum absolute atomic E-state index is 12.4. The van der Waals surface area contributed by atoms with Gasteiger partial charge in [-0.05, 0) is 42.3 Å².